The summed E-state index contributed by atoms with van der Waals surface area (Å²) in [4.78, 5) is 10.3. The summed E-state index contributed by atoms with van der Waals surface area (Å²) in [5.41, 5.74) is 0.722. The van der Waals surface area contributed by atoms with Gasteiger partial charge < -0.3 is 4.79 Å². The maximum absolute atomic E-state index is 12.5. The van der Waals surface area contributed by atoms with Crippen LogP contribution >= 0.6 is 0 Å². The van der Waals surface area contributed by atoms with Gasteiger partial charge in [-0.2, -0.15) is 0 Å². The highest BCUT2D eigenvalue weighted by molar-refractivity contribution is 5.61. The van der Waals surface area contributed by atoms with Crippen molar-refractivity contribution < 1.29 is 9.18 Å². The normalized spacial score (nSPS) is 12.5. The molecular weight excluding hydrogens is 143 g/mol. The van der Waals surface area contributed by atoms with E-state index in [0.717, 1.165) is 11.8 Å². The Balaban J connectivity index is 2.95. The predicted molar refractivity (Wildman–Crippen MR) is 40.9 cm³/mol. The highest BCUT2D eigenvalue weighted by Crippen LogP contribution is 2.12. The average molecular weight is 152 g/mol. The molecule has 1 atom stereocenters. The largest absolute Gasteiger partial charge is 0.303 e. The van der Waals surface area contributed by atoms with Crippen LogP contribution in [0.5, 0.6) is 0 Å². The maximum atomic E-state index is 12.5. The van der Waals surface area contributed by atoms with Crippen LogP contribution in [0.2, 0.25) is 0 Å². The minimum atomic E-state index is -0.295. The molecule has 1 rings (SSSR count). The zero-order valence-corrected chi connectivity index (χ0v) is 6.25. The Labute approximate surface area is 64.9 Å². The van der Waals surface area contributed by atoms with Gasteiger partial charge in [0.2, 0.25) is 0 Å². The number of hydrogen-bond acceptors (Lipinski definition) is 1. The Morgan fingerprint density at radius 1 is 1.55 bits per heavy atom. The topological polar surface area (TPSA) is 17.1 Å². The van der Waals surface area contributed by atoms with Gasteiger partial charge in [0.1, 0.15) is 12.1 Å². The molecule has 1 nitrogen and oxygen atoms in total. The molecule has 0 N–H and O–H groups in total. The van der Waals surface area contributed by atoms with Crippen LogP contribution in [0.15, 0.2) is 24.3 Å². The first-order valence-corrected chi connectivity index (χ1v) is 3.45. The van der Waals surface area contributed by atoms with E-state index in [1.807, 2.05) is 0 Å². The molecule has 0 bridgehead atoms. The van der Waals surface area contributed by atoms with Crippen LogP contribution in [0.1, 0.15) is 18.4 Å². The smallest absolute Gasteiger partial charge is 0.127 e. The lowest BCUT2D eigenvalue weighted by Crippen LogP contribution is -1.93. The molecule has 1 aromatic rings. The Hall–Kier alpha value is -1.18. The summed E-state index contributed by atoms with van der Waals surface area (Å²) in [6.07, 6.45) is 0.800. The number of hydrogen-bond donors (Lipinski definition) is 0. The molecule has 58 valence electrons. The van der Waals surface area contributed by atoms with E-state index in [-0.39, 0.29) is 11.7 Å². The van der Waals surface area contributed by atoms with E-state index in [1.165, 1.54) is 12.1 Å². The number of rotatable bonds is 2. The molecule has 0 aliphatic heterocycles. The fourth-order valence-corrected chi connectivity index (χ4v) is 0.868. The standard InChI is InChI=1S/C9H9FO/c1-7(6-11)8-3-2-4-9(10)5-8/h2-7H,1H3/t7-/m1/s1. The quantitative estimate of drug-likeness (QED) is 0.593. The van der Waals surface area contributed by atoms with Crippen molar-refractivity contribution in [1.29, 1.82) is 0 Å². The molecule has 1 aromatic carbocycles. The Bertz CT molecular complexity index is 257. The van der Waals surface area contributed by atoms with Gasteiger partial charge in [0.15, 0.2) is 0 Å². The Kier molecular flexibility index (Phi) is 2.36. The molecule has 0 radical (unpaired) electrons. The minimum Gasteiger partial charge on any atom is -0.303 e. The fraction of sp³-hybridized carbons (Fsp3) is 0.222. The molecule has 0 saturated heterocycles. The van der Waals surface area contributed by atoms with Crippen molar-refractivity contribution in [3.05, 3.63) is 35.6 Å². The van der Waals surface area contributed by atoms with Crippen molar-refractivity contribution in [3.8, 4) is 0 Å². The van der Waals surface area contributed by atoms with Gasteiger partial charge in [-0.25, -0.2) is 4.39 Å². The van der Waals surface area contributed by atoms with Gasteiger partial charge in [0, 0.05) is 5.92 Å². The van der Waals surface area contributed by atoms with Crippen molar-refractivity contribution in [2.75, 3.05) is 0 Å². The molecule has 11 heavy (non-hydrogen) atoms. The van der Waals surface area contributed by atoms with E-state index >= 15 is 0 Å². The first kappa shape index (κ1) is 7.92. The molecule has 0 aromatic heterocycles. The molecule has 0 fully saturated rings. The van der Waals surface area contributed by atoms with Crippen LogP contribution in [-0.2, 0) is 4.79 Å². The van der Waals surface area contributed by atoms with Crippen molar-refractivity contribution in [2.24, 2.45) is 0 Å². The number of carbonyl (C=O) groups excluding carboxylic acids is 1. The van der Waals surface area contributed by atoms with E-state index in [0.29, 0.717) is 0 Å². The van der Waals surface area contributed by atoms with Crippen molar-refractivity contribution in [1.82, 2.24) is 0 Å². The Morgan fingerprint density at radius 2 is 2.27 bits per heavy atom. The van der Waals surface area contributed by atoms with Crippen LogP contribution in [0.3, 0.4) is 0 Å². The first-order valence-electron chi connectivity index (χ1n) is 3.45. The van der Waals surface area contributed by atoms with Crippen LogP contribution in [0.4, 0.5) is 4.39 Å². The zero-order chi connectivity index (χ0) is 8.27. The number of halogens is 1. The summed E-state index contributed by atoms with van der Waals surface area (Å²) in [6.45, 7) is 1.74. The SMILES string of the molecule is C[C@H](C=O)c1cccc(F)c1. The van der Waals surface area contributed by atoms with Crippen LogP contribution in [0, 0.1) is 5.82 Å². The number of aldehydes is 1. The second kappa shape index (κ2) is 3.28. The summed E-state index contributed by atoms with van der Waals surface area (Å²) in [7, 11) is 0. The second-order valence-corrected chi connectivity index (χ2v) is 2.48. The first-order chi connectivity index (χ1) is 5.24. The molecule has 2 heteroatoms. The van der Waals surface area contributed by atoms with E-state index in [1.54, 1.807) is 19.1 Å². The van der Waals surface area contributed by atoms with E-state index in [9.17, 15) is 9.18 Å². The van der Waals surface area contributed by atoms with E-state index in [4.69, 9.17) is 0 Å². The molecule has 0 heterocycles. The zero-order valence-electron chi connectivity index (χ0n) is 6.25. The third-order valence-electron chi connectivity index (χ3n) is 1.58. The molecule has 0 amide bonds. The average Bonchev–Trinajstić information content (AvgIpc) is 2.03. The van der Waals surface area contributed by atoms with E-state index < -0.39 is 0 Å². The maximum Gasteiger partial charge on any atom is 0.127 e. The third-order valence-corrected chi connectivity index (χ3v) is 1.58. The second-order valence-electron chi connectivity index (χ2n) is 2.48. The summed E-state index contributed by atoms with van der Waals surface area (Å²) in [5.74, 6) is -0.512. The lowest BCUT2D eigenvalue weighted by atomic mass is 10.0. The summed E-state index contributed by atoms with van der Waals surface area (Å²) in [5, 5.41) is 0. The number of carbonyl (C=O) groups is 1. The van der Waals surface area contributed by atoms with Crippen molar-refractivity contribution in [2.45, 2.75) is 12.8 Å². The van der Waals surface area contributed by atoms with Gasteiger partial charge in [0.25, 0.3) is 0 Å². The van der Waals surface area contributed by atoms with Gasteiger partial charge in [-0.3, -0.25) is 0 Å². The third kappa shape index (κ3) is 1.87. The van der Waals surface area contributed by atoms with Crippen molar-refractivity contribution >= 4 is 6.29 Å². The molecule has 0 saturated carbocycles. The highest BCUT2D eigenvalue weighted by atomic mass is 19.1. The Morgan fingerprint density at radius 3 is 2.82 bits per heavy atom. The monoisotopic (exact) mass is 152 g/mol. The molecule has 0 aliphatic carbocycles. The summed E-state index contributed by atoms with van der Waals surface area (Å²) < 4.78 is 12.5. The van der Waals surface area contributed by atoms with Crippen molar-refractivity contribution in [3.63, 3.8) is 0 Å². The molecule has 0 aliphatic rings. The van der Waals surface area contributed by atoms with Crippen LogP contribution < -0.4 is 0 Å². The fourth-order valence-electron chi connectivity index (χ4n) is 0.868. The van der Waals surface area contributed by atoms with E-state index in [2.05, 4.69) is 0 Å². The number of benzene rings is 1. The lowest BCUT2D eigenvalue weighted by molar-refractivity contribution is -0.108. The molecule has 0 spiro atoms. The summed E-state index contributed by atoms with van der Waals surface area (Å²) in [6, 6.07) is 6.08. The van der Waals surface area contributed by atoms with Crippen LogP contribution in [0.25, 0.3) is 0 Å². The van der Waals surface area contributed by atoms with Gasteiger partial charge in [-0.15, -0.1) is 0 Å². The summed E-state index contributed by atoms with van der Waals surface area (Å²) >= 11 is 0. The van der Waals surface area contributed by atoms with Gasteiger partial charge in [0.05, 0.1) is 0 Å². The molecule has 0 unspecified atom stereocenters. The lowest BCUT2D eigenvalue weighted by Gasteiger charge is -2.01. The minimum absolute atomic E-state index is 0.217. The highest BCUT2D eigenvalue weighted by Gasteiger charge is 2.02. The predicted octanol–water partition coefficient (Wildman–Crippen LogP) is 2.13. The van der Waals surface area contributed by atoms with Gasteiger partial charge >= 0.3 is 0 Å². The van der Waals surface area contributed by atoms with Gasteiger partial charge in [-0.05, 0) is 17.7 Å². The van der Waals surface area contributed by atoms with Gasteiger partial charge in [-0.1, -0.05) is 19.1 Å². The van der Waals surface area contributed by atoms with Crippen LogP contribution in [-0.4, -0.2) is 6.29 Å². The molecular formula is C9H9FO.